The summed E-state index contributed by atoms with van der Waals surface area (Å²) in [6, 6.07) is 3.95. The Bertz CT molecular complexity index is 908. The zero-order chi connectivity index (χ0) is 19.5. The Hall–Kier alpha value is -1.68. The van der Waals surface area contributed by atoms with E-state index < -0.39 is 15.9 Å². The number of sulfone groups is 1. The van der Waals surface area contributed by atoms with Crippen LogP contribution in [0.25, 0.3) is 10.4 Å². The minimum Gasteiger partial charge on any atom is -0.394 e. The molecule has 0 fully saturated rings. The molecule has 0 aliphatic rings. The summed E-state index contributed by atoms with van der Waals surface area (Å²) >= 11 is 7.21. The number of aliphatic hydroxyl groups excluding tert-OH is 1. The number of aryl methyl sites for hydroxylation is 1. The average Bonchev–Trinajstić information content (AvgIpc) is 2.92. The molecule has 2 rings (SSSR count). The number of nitrogens with one attached hydrogen (secondary N) is 2. The number of carbonyl (C=O) groups is 1. The van der Waals surface area contributed by atoms with Crippen LogP contribution in [0.5, 0.6) is 0 Å². The zero-order valence-corrected chi connectivity index (χ0v) is 16.9. The lowest BCUT2D eigenvalue weighted by atomic mass is 10.2. The Morgan fingerprint density at radius 3 is 2.69 bits per heavy atom. The normalized spacial score (nSPS) is 12.7. The van der Waals surface area contributed by atoms with Crippen LogP contribution >= 0.6 is 22.9 Å². The molecule has 2 amide bonds. The zero-order valence-electron chi connectivity index (χ0n) is 14.5. The van der Waals surface area contributed by atoms with Crippen molar-refractivity contribution >= 4 is 43.9 Å². The van der Waals surface area contributed by atoms with Crippen molar-refractivity contribution in [2.24, 2.45) is 0 Å². The van der Waals surface area contributed by atoms with Crippen LogP contribution in [0.15, 0.2) is 23.1 Å². The van der Waals surface area contributed by atoms with Crippen LogP contribution in [-0.2, 0) is 9.84 Å². The van der Waals surface area contributed by atoms with E-state index in [1.165, 1.54) is 23.5 Å². The molecule has 1 aromatic carbocycles. The van der Waals surface area contributed by atoms with Crippen molar-refractivity contribution in [3.63, 3.8) is 0 Å². The molecule has 0 spiro atoms. The summed E-state index contributed by atoms with van der Waals surface area (Å²) in [6.45, 7) is 3.48. The van der Waals surface area contributed by atoms with E-state index in [0.29, 0.717) is 22.8 Å². The summed E-state index contributed by atoms with van der Waals surface area (Å²) in [7, 11) is -3.46. The molecule has 10 heteroatoms. The molecule has 2 aromatic rings. The van der Waals surface area contributed by atoms with Crippen LogP contribution in [0, 0.1) is 6.92 Å². The largest absolute Gasteiger partial charge is 0.394 e. The maximum atomic E-state index is 12.0. The topological polar surface area (TPSA) is 108 Å². The quantitative estimate of drug-likeness (QED) is 0.669. The minimum atomic E-state index is -3.46. The fourth-order valence-corrected chi connectivity index (χ4v) is 4.50. The van der Waals surface area contributed by atoms with Gasteiger partial charge in [-0.2, -0.15) is 0 Å². The van der Waals surface area contributed by atoms with Crippen LogP contribution in [-0.4, -0.2) is 43.4 Å². The fourth-order valence-electron chi connectivity index (χ4n) is 2.24. The van der Waals surface area contributed by atoms with Crippen molar-refractivity contribution < 1.29 is 18.3 Å². The van der Waals surface area contributed by atoms with Crippen molar-refractivity contribution in [2.45, 2.75) is 31.2 Å². The molecule has 0 unspecified atom stereocenters. The van der Waals surface area contributed by atoms with Gasteiger partial charge < -0.3 is 10.4 Å². The molecular weight excluding hydrogens is 398 g/mol. The molecule has 0 aliphatic carbocycles. The van der Waals surface area contributed by atoms with Gasteiger partial charge in [0.05, 0.1) is 33.1 Å². The van der Waals surface area contributed by atoms with Crippen molar-refractivity contribution in [3.8, 4) is 10.4 Å². The lowest BCUT2D eigenvalue weighted by Crippen LogP contribution is -2.39. The summed E-state index contributed by atoms with van der Waals surface area (Å²) < 4.78 is 23.7. The second-order valence-corrected chi connectivity index (χ2v) is 9.13. The molecule has 0 bridgehead atoms. The van der Waals surface area contributed by atoms with Crippen LogP contribution in [0.2, 0.25) is 5.02 Å². The van der Waals surface area contributed by atoms with Crippen molar-refractivity contribution in [1.29, 1.82) is 0 Å². The number of rotatable bonds is 6. The third-order valence-electron chi connectivity index (χ3n) is 3.66. The van der Waals surface area contributed by atoms with E-state index >= 15 is 0 Å². The standard InChI is InChI=1S/C16H20ClN3O4S2/c1-4-11(8-21)19-15(22)20-16-18-9(2)14(25-16)10-5-6-12(17)13(7-10)26(3,23)24/h5-7,11,21H,4,8H2,1-3H3,(H2,18,19,20,22)/t11-/m0/s1. The summed E-state index contributed by atoms with van der Waals surface area (Å²) in [5.41, 5.74) is 1.31. The van der Waals surface area contributed by atoms with Gasteiger partial charge in [0, 0.05) is 6.26 Å². The minimum absolute atomic E-state index is 0.0467. The molecule has 26 heavy (non-hydrogen) atoms. The predicted molar refractivity (Wildman–Crippen MR) is 104 cm³/mol. The van der Waals surface area contributed by atoms with E-state index in [-0.39, 0.29) is 22.6 Å². The number of anilines is 1. The highest BCUT2D eigenvalue weighted by molar-refractivity contribution is 7.90. The highest BCUT2D eigenvalue weighted by Gasteiger charge is 2.17. The van der Waals surface area contributed by atoms with Gasteiger partial charge in [0.1, 0.15) is 0 Å². The number of thiazole rings is 1. The van der Waals surface area contributed by atoms with Crippen molar-refractivity contribution in [2.75, 3.05) is 18.2 Å². The number of nitrogens with zero attached hydrogens (tertiary/aromatic N) is 1. The summed E-state index contributed by atoms with van der Waals surface area (Å²) in [5.74, 6) is 0. The Morgan fingerprint density at radius 2 is 2.12 bits per heavy atom. The van der Waals surface area contributed by atoms with Crippen LogP contribution in [0.3, 0.4) is 0 Å². The van der Waals surface area contributed by atoms with Crippen LogP contribution in [0.4, 0.5) is 9.93 Å². The van der Waals surface area contributed by atoms with Crippen LogP contribution < -0.4 is 10.6 Å². The molecule has 0 saturated heterocycles. The Kier molecular flexibility index (Phi) is 6.62. The van der Waals surface area contributed by atoms with Gasteiger partial charge in [-0.1, -0.05) is 35.9 Å². The molecule has 7 nitrogen and oxygen atoms in total. The molecule has 0 aliphatic heterocycles. The molecule has 142 valence electrons. The lowest BCUT2D eigenvalue weighted by molar-refractivity contribution is 0.222. The molecule has 1 heterocycles. The number of halogens is 1. The summed E-state index contributed by atoms with van der Waals surface area (Å²) in [5, 5.41) is 14.9. The molecule has 1 aromatic heterocycles. The van der Waals surface area contributed by atoms with Gasteiger partial charge in [-0.25, -0.2) is 18.2 Å². The maximum Gasteiger partial charge on any atom is 0.321 e. The molecule has 0 radical (unpaired) electrons. The number of aromatic nitrogens is 1. The summed E-state index contributed by atoms with van der Waals surface area (Å²) in [4.78, 5) is 17.0. The van der Waals surface area contributed by atoms with E-state index in [1.54, 1.807) is 13.0 Å². The third-order valence-corrected chi connectivity index (χ3v) is 6.36. The lowest BCUT2D eigenvalue weighted by Gasteiger charge is -2.13. The van der Waals surface area contributed by atoms with E-state index in [0.717, 1.165) is 11.1 Å². The number of urea groups is 1. The van der Waals surface area contributed by atoms with Gasteiger partial charge in [-0.3, -0.25) is 5.32 Å². The second-order valence-electron chi connectivity index (χ2n) is 5.74. The molecule has 1 atom stereocenters. The van der Waals surface area contributed by atoms with Gasteiger partial charge in [-0.05, 0) is 31.0 Å². The molecule has 0 saturated carbocycles. The van der Waals surface area contributed by atoms with Crippen molar-refractivity contribution in [3.05, 3.63) is 28.9 Å². The third kappa shape index (κ3) is 4.94. The predicted octanol–water partition coefficient (Wildman–Crippen LogP) is 3.07. The highest BCUT2D eigenvalue weighted by atomic mass is 35.5. The maximum absolute atomic E-state index is 12.0. The Labute approximate surface area is 161 Å². The number of benzene rings is 1. The van der Waals surface area contributed by atoms with E-state index in [4.69, 9.17) is 16.7 Å². The van der Waals surface area contributed by atoms with Gasteiger partial charge in [0.25, 0.3) is 0 Å². The van der Waals surface area contributed by atoms with E-state index in [9.17, 15) is 13.2 Å². The van der Waals surface area contributed by atoms with E-state index in [1.807, 2.05) is 6.92 Å². The van der Waals surface area contributed by atoms with Gasteiger partial charge >= 0.3 is 6.03 Å². The smallest absolute Gasteiger partial charge is 0.321 e. The van der Waals surface area contributed by atoms with Crippen molar-refractivity contribution in [1.82, 2.24) is 10.3 Å². The number of carbonyl (C=O) groups excluding carboxylic acids is 1. The first-order valence-corrected chi connectivity index (χ1v) is 10.9. The van der Waals surface area contributed by atoms with Crippen LogP contribution in [0.1, 0.15) is 19.0 Å². The van der Waals surface area contributed by atoms with Gasteiger partial charge in [0.2, 0.25) is 0 Å². The number of hydrogen-bond acceptors (Lipinski definition) is 6. The summed E-state index contributed by atoms with van der Waals surface area (Å²) in [6.07, 6.45) is 1.70. The molecule has 3 N–H and O–H groups in total. The highest BCUT2D eigenvalue weighted by Crippen LogP contribution is 2.35. The monoisotopic (exact) mass is 417 g/mol. The number of hydrogen-bond donors (Lipinski definition) is 3. The number of amides is 2. The first-order valence-electron chi connectivity index (χ1n) is 7.81. The SMILES string of the molecule is CC[C@@H](CO)NC(=O)Nc1nc(C)c(-c2ccc(Cl)c(S(C)(=O)=O)c2)s1. The molecular formula is C16H20ClN3O4S2. The first-order chi connectivity index (χ1) is 12.2. The average molecular weight is 418 g/mol. The number of aliphatic hydroxyl groups is 1. The Balaban J connectivity index is 2.27. The first kappa shape index (κ1) is 20.6. The van der Waals surface area contributed by atoms with E-state index in [2.05, 4.69) is 15.6 Å². The van der Waals surface area contributed by atoms with Gasteiger partial charge in [-0.15, -0.1) is 0 Å². The van der Waals surface area contributed by atoms with Gasteiger partial charge in [0.15, 0.2) is 15.0 Å². The Morgan fingerprint density at radius 1 is 1.42 bits per heavy atom. The second kappa shape index (κ2) is 8.34. The fraction of sp³-hybridized carbons (Fsp3) is 0.375.